The van der Waals surface area contributed by atoms with Crippen LogP contribution in [0.3, 0.4) is 0 Å². The second-order valence-electron chi connectivity index (χ2n) is 6.00. The number of hydrogen-bond donors (Lipinski definition) is 1. The summed E-state index contributed by atoms with van der Waals surface area (Å²) in [6, 6.07) is 6.05. The Morgan fingerprint density at radius 2 is 1.47 bits per heavy atom. The molecule has 0 amide bonds. The molecule has 0 unspecified atom stereocenters. The molecule has 104 valence electrons. The van der Waals surface area contributed by atoms with Crippen LogP contribution in [0.25, 0.3) is 0 Å². The number of esters is 1. The lowest BCUT2D eigenvalue weighted by Gasteiger charge is -2.38. The number of hydrogen-bond acceptors (Lipinski definition) is 3. The van der Waals surface area contributed by atoms with Gasteiger partial charge in [0.15, 0.2) is 0 Å². The third-order valence-corrected chi connectivity index (χ3v) is 3.53. The maximum Gasteiger partial charge on any atom is 0.339 e. The summed E-state index contributed by atoms with van der Waals surface area (Å²) in [5.41, 5.74) is -0.916. The van der Waals surface area contributed by atoms with Crippen molar-refractivity contribution in [3.63, 3.8) is 0 Å². The fraction of sp³-hybridized carbons (Fsp3) is 0.467. The van der Waals surface area contributed by atoms with Crippen molar-refractivity contribution in [2.45, 2.75) is 40.2 Å². The number of carboxylic acid groups (broad SMARTS) is 1. The molecule has 0 aromatic heterocycles. The molecular weight excluding hydrogens is 244 g/mol. The average Bonchev–Trinajstić information content (AvgIpc) is 2.26. The van der Waals surface area contributed by atoms with Crippen LogP contribution in [-0.2, 0) is 4.74 Å². The van der Waals surface area contributed by atoms with Crippen LogP contribution in [0.15, 0.2) is 24.3 Å². The smallest absolute Gasteiger partial charge is 0.339 e. The minimum absolute atomic E-state index is 0.0443. The molecule has 0 aliphatic carbocycles. The van der Waals surface area contributed by atoms with E-state index in [0.717, 1.165) is 0 Å². The zero-order valence-corrected chi connectivity index (χ0v) is 12.0. The van der Waals surface area contributed by atoms with E-state index in [0.29, 0.717) is 0 Å². The topological polar surface area (TPSA) is 63.6 Å². The Morgan fingerprint density at radius 3 is 1.89 bits per heavy atom. The first kappa shape index (κ1) is 15.2. The standard InChI is InChI=1S/C15H20O4/c1-14(2,3)15(4,5)19-13(18)11-9-7-6-8-10(11)12(16)17/h6-9H,1-5H3,(H,16,17). The maximum atomic E-state index is 12.1. The normalized spacial score (nSPS) is 12.1. The summed E-state index contributed by atoms with van der Waals surface area (Å²) in [6.45, 7) is 9.51. The SMILES string of the molecule is CC(C)(C)C(C)(C)OC(=O)c1ccccc1C(=O)O. The second-order valence-corrected chi connectivity index (χ2v) is 6.00. The van der Waals surface area contributed by atoms with Crippen molar-refractivity contribution in [2.75, 3.05) is 0 Å². The molecule has 0 radical (unpaired) electrons. The molecule has 1 rings (SSSR count). The summed E-state index contributed by atoms with van der Waals surface area (Å²) >= 11 is 0. The van der Waals surface area contributed by atoms with E-state index in [-0.39, 0.29) is 16.5 Å². The van der Waals surface area contributed by atoms with Gasteiger partial charge in [-0.2, -0.15) is 0 Å². The lowest BCUT2D eigenvalue weighted by Crippen LogP contribution is -2.41. The van der Waals surface area contributed by atoms with E-state index < -0.39 is 17.5 Å². The van der Waals surface area contributed by atoms with Gasteiger partial charge in [0.2, 0.25) is 0 Å². The molecule has 0 bridgehead atoms. The molecule has 0 atom stereocenters. The first-order valence-corrected chi connectivity index (χ1v) is 6.12. The fourth-order valence-electron chi connectivity index (χ4n) is 1.29. The monoisotopic (exact) mass is 264 g/mol. The first-order chi connectivity index (χ1) is 8.56. The van der Waals surface area contributed by atoms with Gasteiger partial charge in [-0.05, 0) is 26.0 Å². The van der Waals surface area contributed by atoms with Gasteiger partial charge in [0.05, 0.1) is 11.1 Å². The van der Waals surface area contributed by atoms with E-state index in [4.69, 9.17) is 9.84 Å². The van der Waals surface area contributed by atoms with Crippen molar-refractivity contribution in [3.05, 3.63) is 35.4 Å². The van der Waals surface area contributed by atoms with Crippen LogP contribution in [0.4, 0.5) is 0 Å². The summed E-state index contributed by atoms with van der Waals surface area (Å²) in [6.07, 6.45) is 0. The predicted molar refractivity (Wildman–Crippen MR) is 72.4 cm³/mol. The minimum Gasteiger partial charge on any atom is -0.478 e. The van der Waals surface area contributed by atoms with Gasteiger partial charge in [0.25, 0.3) is 0 Å². The lowest BCUT2D eigenvalue weighted by atomic mass is 9.79. The first-order valence-electron chi connectivity index (χ1n) is 6.12. The van der Waals surface area contributed by atoms with E-state index >= 15 is 0 Å². The molecule has 1 aromatic rings. The number of carboxylic acids is 1. The van der Waals surface area contributed by atoms with Gasteiger partial charge in [-0.25, -0.2) is 9.59 Å². The second kappa shape index (κ2) is 5.03. The highest BCUT2D eigenvalue weighted by atomic mass is 16.6. The molecule has 0 spiro atoms. The number of benzene rings is 1. The van der Waals surface area contributed by atoms with Crippen molar-refractivity contribution in [2.24, 2.45) is 5.41 Å². The average molecular weight is 264 g/mol. The van der Waals surface area contributed by atoms with Gasteiger partial charge in [-0.3, -0.25) is 0 Å². The van der Waals surface area contributed by atoms with Gasteiger partial charge in [0.1, 0.15) is 5.60 Å². The van der Waals surface area contributed by atoms with Crippen LogP contribution in [0.5, 0.6) is 0 Å². The van der Waals surface area contributed by atoms with Gasteiger partial charge in [-0.15, -0.1) is 0 Å². The van der Waals surface area contributed by atoms with E-state index in [1.807, 2.05) is 34.6 Å². The largest absolute Gasteiger partial charge is 0.478 e. The number of rotatable bonds is 3. The molecule has 4 nitrogen and oxygen atoms in total. The minimum atomic E-state index is -1.14. The Labute approximate surface area is 113 Å². The van der Waals surface area contributed by atoms with Gasteiger partial charge < -0.3 is 9.84 Å². The highest BCUT2D eigenvalue weighted by molar-refractivity contribution is 6.02. The molecule has 1 N–H and O–H groups in total. The lowest BCUT2D eigenvalue weighted by molar-refractivity contribution is -0.0552. The van der Waals surface area contributed by atoms with E-state index in [1.165, 1.54) is 12.1 Å². The Morgan fingerprint density at radius 1 is 1.00 bits per heavy atom. The molecule has 0 saturated carbocycles. The van der Waals surface area contributed by atoms with Gasteiger partial charge in [0, 0.05) is 5.41 Å². The van der Waals surface area contributed by atoms with E-state index in [2.05, 4.69) is 0 Å². The number of ether oxygens (including phenoxy) is 1. The van der Waals surface area contributed by atoms with E-state index in [1.54, 1.807) is 12.1 Å². The summed E-state index contributed by atoms with van der Waals surface area (Å²) < 4.78 is 5.48. The third-order valence-electron chi connectivity index (χ3n) is 3.53. The Balaban J connectivity index is 3.07. The Hall–Kier alpha value is -1.84. The Kier molecular flexibility index (Phi) is 4.03. The zero-order valence-electron chi connectivity index (χ0n) is 12.0. The van der Waals surface area contributed by atoms with Crippen LogP contribution in [-0.4, -0.2) is 22.6 Å². The molecule has 0 aliphatic rings. The van der Waals surface area contributed by atoms with Crippen molar-refractivity contribution in [1.82, 2.24) is 0 Å². The van der Waals surface area contributed by atoms with Crippen LogP contribution < -0.4 is 0 Å². The number of aromatic carboxylic acids is 1. The molecule has 1 aromatic carbocycles. The highest BCUT2D eigenvalue weighted by Crippen LogP contribution is 2.33. The molecule has 0 fully saturated rings. The van der Waals surface area contributed by atoms with Gasteiger partial charge in [-0.1, -0.05) is 32.9 Å². The fourth-order valence-corrected chi connectivity index (χ4v) is 1.29. The molecular formula is C15H20O4. The van der Waals surface area contributed by atoms with E-state index in [9.17, 15) is 9.59 Å². The summed E-state index contributed by atoms with van der Waals surface area (Å²) in [7, 11) is 0. The van der Waals surface area contributed by atoms with Crippen LogP contribution in [0.1, 0.15) is 55.3 Å². The third kappa shape index (κ3) is 3.34. The summed E-state index contributed by atoms with van der Waals surface area (Å²) in [5.74, 6) is -1.75. The van der Waals surface area contributed by atoms with Crippen molar-refractivity contribution < 1.29 is 19.4 Å². The summed E-state index contributed by atoms with van der Waals surface area (Å²) in [5, 5.41) is 9.06. The molecule has 4 heteroatoms. The maximum absolute atomic E-state index is 12.1. The summed E-state index contributed by atoms with van der Waals surface area (Å²) in [4.78, 5) is 23.2. The molecule has 0 saturated heterocycles. The van der Waals surface area contributed by atoms with Crippen molar-refractivity contribution in [1.29, 1.82) is 0 Å². The van der Waals surface area contributed by atoms with Crippen molar-refractivity contribution >= 4 is 11.9 Å². The zero-order chi connectivity index (χ0) is 14.8. The van der Waals surface area contributed by atoms with Crippen LogP contribution >= 0.6 is 0 Å². The molecule has 0 aliphatic heterocycles. The quantitative estimate of drug-likeness (QED) is 0.850. The van der Waals surface area contributed by atoms with Crippen LogP contribution in [0, 0.1) is 5.41 Å². The van der Waals surface area contributed by atoms with Crippen molar-refractivity contribution in [3.8, 4) is 0 Å². The highest BCUT2D eigenvalue weighted by Gasteiger charge is 2.37. The molecule has 0 heterocycles. The Bertz CT molecular complexity index is 495. The van der Waals surface area contributed by atoms with Crippen LogP contribution in [0.2, 0.25) is 0 Å². The molecule has 19 heavy (non-hydrogen) atoms. The predicted octanol–water partition coefficient (Wildman–Crippen LogP) is 3.37. The number of carbonyl (C=O) groups is 2. The van der Waals surface area contributed by atoms with Gasteiger partial charge >= 0.3 is 11.9 Å². The number of carbonyl (C=O) groups excluding carboxylic acids is 1.